The van der Waals surface area contributed by atoms with E-state index in [1.807, 2.05) is 54.9 Å². The Morgan fingerprint density at radius 2 is 1.80 bits per heavy atom. The molecule has 0 bridgehead atoms. The van der Waals surface area contributed by atoms with Gasteiger partial charge >= 0.3 is 0 Å². The number of nitrogens with one attached hydrogen (secondary N) is 1. The molecule has 0 radical (unpaired) electrons. The lowest BCUT2D eigenvalue weighted by Gasteiger charge is -2.08. The van der Waals surface area contributed by atoms with Crippen molar-refractivity contribution in [2.75, 3.05) is 5.32 Å². The van der Waals surface area contributed by atoms with Crippen LogP contribution in [0.25, 0.3) is 11.0 Å². The molecule has 4 rings (SSSR count). The Morgan fingerprint density at radius 1 is 1.03 bits per heavy atom. The standard InChI is InChI=1S/C24H27N5O/c1-17-16-18(2)29(27-17)15-14-24(30)25-20-11-8-19(9-12-20)10-13-23-26-21-6-4-5-7-22(21)28(23)3/h4-9,11-12,16H,10,13-15H2,1-3H3,(H,25,30). The van der Waals surface area contributed by atoms with Crippen LogP contribution in [0.15, 0.2) is 54.6 Å². The highest BCUT2D eigenvalue weighted by molar-refractivity contribution is 5.90. The van der Waals surface area contributed by atoms with Crippen LogP contribution in [0, 0.1) is 13.8 Å². The van der Waals surface area contributed by atoms with E-state index in [-0.39, 0.29) is 5.91 Å². The lowest BCUT2D eigenvalue weighted by molar-refractivity contribution is -0.116. The summed E-state index contributed by atoms with van der Waals surface area (Å²) in [6, 6.07) is 18.3. The van der Waals surface area contributed by atoms with Gasteiger partial charge in [-0.25, -0.2) is 4.98 Å². The van der Waals surface area contributed by atoms with Gasteiger partial charge in [0, 0.05) is 37.8 Å². The van der Waals surface area contributed by atoms with Crippen LogP contribution in [-0.2, 0) is 31.2 Å². The van der Waals surface area contributed by atoms with E-state index in [4.69, 9.17) is 4.98 Å². The fourth-order valence-corrected chi connectivity index (χ4v) is 3.76. The molecule has 4 aromatic rings. The number of rotatable bonds is 7. The molecular weight excluding hydrogens is 374 g/mol. The molecule has 0 saturated heterocycles. The minimum atomic E-state index is -0.00463. The van der Waals surface area contributed by atoms with Gasteiger partial charge in [-0.1, -0.05) is 24.3 Å². The molecule has 154 valence electrons. The Hall–Kier alpha value is -3.41. The number of imidazole rings is 1. The maximum Gasteiger partial charge on any atom is 0.226 e. The summed E-state index contributed by atoms with van der Waals surface area (Å²) in [6.45, 7) is 4.55. The average molecular weight is 402 g/mol. The molecule has 0 aliphatic carbocycles. The highest BCUT2D eigenvalue weighted by Crippen LogP contribution is 2.17. The molecule has 30 heavy (non-hydrogen) atoms. The van der Waals surface area contributed by atoms with E-state index >= 15 is 0 Å². The van der Waals surface area contributed by atoms with E-state index in [9.17, 15) is 4.79 Å². The molecule has 1 amide bonds. The SMILES string of the molecule is Cc1cc(C)n(CCC(=O)Nc2ccc(CCc3nc4ccccc4n3C)cc2)n1. The summed E-state index contributed by atoms with van der Waals surface area (Å²) >= 11 is 0. The molecule has 0 unspecified atom stereocenters. The smallest absolute Gasteiger partial charge is 0.226 e. The zero-order chi connectivity index (χ0) is 21.1. The fraction of sp³-hybridized carbons (Fsp3) is 0.292. The van der Waals surface area contributed by atoms with Crippen molar-refractivity contribution in [3.8, 4) is 0 Å². The summed E-state index contributed by atoms with van der Waals surface area (Å²) in [5.74, 6) is 1.08. The average Bonchev–Trinajstić information content (AvgIpc) is 3.24. The van der Waals surface area contributed by atoms with Crippen molar-refractivity contribution in [3.05, 3.63) is 77.4 Å². The molecule has 0 atom stereocenters. The maximum absolute atomic E-state index is 12.3. The first-order chi connectivity index (χ1) is 14.5. The van der Waals surface area contributed by atoms with Crippen LogP contribution in [0.2, 0.25) is 0 Å². The zero-order valence-electron chi connectivity index (χ0n) is 17.7. The van der Waals surface area contributed by atoms with Gasteiger partial charge in [-0.15, -0.1) is 0 Å². The van der Waals surface area contributed by atoms with Gasteiger partial charge in [0.05, 0.1) is 16.7 Å². The van der Waals surface area contributed by atoms with Crippen LogP contribution in [0.3, 0.4) is 0 Å². The number of aromatic nitrogens is 4. The van der Waals surface area contributed by atoms with Gasteiger partial charge in [-0.2, -0.15) is 5.10 Å². The summed E-state index contributed by atoms with van der Waals surface area (Å²) < 4.78 is 4.03. The molecule has 0 fully saturated rings. The van der Waals surface area contributed by atoms with Crippen LogP contribution in [0.5, 0.6) is 0 Å². The van der Waals surface area contributed by atoms with Crippen molar-refractivity contribution < 1.29 is 4.79 Å². The minimum absolute atomic E-state index is 0.00463. The summed E-state index contributed by atoms with van der Waals surface area (Å²) in [7, 11) is 2.06. The molecule has 0 spiro atoms. The second-order valence-electron chi connectivity index (χ2n) is 7.72. The third-order valence-corrected chi connectivity index (χ3v) is 5.41. The molecule has 2 aromatic carbocycles. The van der Waals surface area contributed by atoms with E-state index in [0.29, 0.717) is 13.0 Å². The van der Waals surface area contributed by atoms with Crippen molar-refractivity contribution >= 4 is 22.6 Å². The topological polar surface area (TPSA) is 64.7 Å². The molecule has 2 heterocycles. The Bertz CT molecular complexity index is 1170. The number of amides is 1. The van der Waals surface area contributed by atoms with Crippen LogP contribution in [0.4, 0.5) is 5.69 Å². The van der Waals surface area contributed by atoms with Crippen molar-refractivity contribution in [1.29, 1.82) is 0 Å². The Labute approximate surface area is 176 Å². The number of hydrogen-bond acceptors (Lipinski definition) is 3. The number of fused-ring (bicyclic) bond motifs is 1. The van der Waals surface area contributed by atoms with Gasteiger partial charge in [0.2, 0.25) is 5.91 Å². The fourth-order valence-electron chi connectivity index (χ4n) is 3.76. The van der Waals surface area contributed by atoms with Gasteiger partial charge < -0.3 is 9.88 Å². The van der Waals surface area contributed by atoms with Crippen LogP contribution >= 0.6 is 0 Å². The highest BCUT2D eigenvalue weighted by atomic mass is 16.1. The molecule has 0 aliphatic rings. The lowest BCUT2D eigenvalue weighted by Crippen LogP contribution is -2.15. The second-order valence-corrected chi connectivity index (χ2v) is 7.72. The molecule has 6 heteroatoms. The first kappa shape index (κ1) is 19.9. The van der Waals surface area contributed by atoms with Crippen LogP contribution in [-0.4, -0.2) is 25.2 Å². The van der Waals surface area contributed by atoms with E-state index in [2.05, 4.69) is 40.2 Å². The third-order valence-electron chi connectivity index (χ3n) is 5.41. The number of anilines is 1. The van der Waals surface area contributed by atoms with Crippen molar-refractivity contribution in [3.63, 3.8) is 0 Å². The Balaban J connectivity index is 1.30. The number of hydrogen-bond donors (Lipinski definition) is 1. The van der Waals surface area contributed by atoms with Gasteiger partial charge in [0.15, 0.2) is 0 Å². The first-order valence-electron chi connectivity index (χ1n) is 10.3. The minimum Gasteiger partial charge on any atom is -0.331 e. The predicted molar refractivity (Wildman–Crippen MR) is 120 cm³/mol. The summed E-state index contributed by atoms with van der Waals surface area (Å²) in [5.41, 5.74) is 6.29. The van der Waals surface area contributed by atoms with Crippen molar-refractivity contribution in [1.82, 2.24) is 19.3 Å². The Morgan fingerprint density at radius 3 is 2.50 bits per heavy atom. The molecule has 2 aromatic heterocycles. The van der Waals surface area contributed by atoms with Crippen molar-refractivity contribution in [2.24, 2.45) is 7.05 Å². The monoisotopic (exact) mass is 401 g/mol. The van der Waals surface area contributed by atoms with E-state index in [1.165, 1.54) is 5.56 Å². The van der Waals surface area contributed by atoms with E-state index in [1.54, 1.807) is 0 Å². The van der Waals surface area contributed by atoms with Crippen LogP contribution < -0.4 is 5.32 Å². The van der Waals surface area contributed by atoms with Crippen molar-refractivity contribution in [2.45, 2.75) is 39.7 Å². The highest BCUT2D eigenvalue weighted by Gasteiger charge is 2.08. The molecular formula is C24H27N5O. The van der Waals surface area contributed by atoms with Gasteiger partial charge in [-0.3, -0.25) is 9.48 Å². The predicted octanol–water partition coefficient (Wildman–Crippen LogP) is 4.20. The van der Waals surface area contributed by atoms with E-state index in [0.717, 1.165) is 46.8 Å². The molecule has 0 saturated carbocycles. The number of aryl methyl sites for hydroxylation is 6. The Kier molecular flexibility index (Phi) is 5.65. The normalized spacial score (nSPS) is 11.2. The number of para-hydroxylation sites is 2. The van der Waals surface area contributed by atoms with Gasteiger partial charge in [0.25, 0.3) is 0 Å². The lowest BCUT2D eigenvalue weighted by atomic mass is 10.1. The number of carbonyl (C=O) groups is 1. The van der Waals surface area contributed by atoms with Gasteiger partial charge in [0.1, 0.15) is 5.82 Å². The second kappa shape index (κ2) is 8.53. The molecule has 0 aliphatic heterocycles. The summed E-state index contributed by atoms with van der Waals surface area (Å²) in [4.78, 5) is 17.0. The quantitative estimate of drug-likeness (QED) is 0.505. The number of benzene rings is 2. The van der Waals surface area contributed by atoms with E-state index < -0.39 is 0 Å². The third kappa shape index (κ3) is 4.43. The maximum atomic E-state index is 12.3. The zero-order valence-corrected chi connectivity index (χ0v) is 17.7. The number of nitrogens with zero attached hydrogens (tertiary/aromatic N) is 4. The largest absolute Gasteiger partial charge is 0.331 e. The van der Waals surface area contributed by atoms with Gasteiger partial charge in [-0.05, 0) is 56.2 Å². The molecule has 6 nitrogen and oxygen atoms in total. The van der Waals surface area contributed by atoms with Crippen LogP contribution in [0.1, 0.15) is 29.2 Å². The summed E-state index contributed by atoms with van der Waals surface area (Å²) in [6.07, 6.45) is 2.18. The molecule has 1 N–H and O–H groups in total. The summed E-state index contributed by atoms with van der Waals surface area (Å²) in [5, 5.41) is 7.37. The first-order valence-corrected chi connectivity index (χ1v) is 10.3. The number of carbonyl (C=O) groups excluding carboxylic acids is 1.